The minimum atomic E-state index is -0.350. The van der Waals surface area contributed by atoms with Crippen molar-refractivity contribution in [3.63, 3.8) is 0 Å². The number of piperazine rings is 1. The molecule has 4 heteroatoms. The topological polar surface area (TPSA) is 42.3 Å². The average Bonchev–Trinajstić information content (AvgIpc) is 3.17. The monoisotopic (exact) mass is 264 g/mol. The molecule has 2 fully saturated rings. The molecule has 0 spiro atoms. The first-order valence-corrected chi connectivity index (χ1v) is 7.57. The van der Waals surface area contributed by atoms with Gasteiger partial charge in [0.2, 0.25) is 0 Å². The Morgan fingerprint density at radius 2 is 1.84 bits per heavy atom. The highest BCUT2D eigenvalue weighted by atomic mass is 15.3. The van der Waals surface area contributed by atoms with Crippen LogP contribution in [0.4, 0.5) is 0 Å². The highest BCUT2D eigenvalue weighted by molar-refractivity contribution is 5.07. The highest BCUT2D eigenvalue weighted by Gasteiger charge is 2.33. The Kier molecular flexibility index (Phi) is 4.50. The van der Waals surface area contributed by atoms with Crippen molar-refractivity contribution in [1.82, 2.24) is 15.1 Å². The van der Waals surface area contributed by atoms with E-state index in [0.717, 1.165) is 26.1 Å². The summed E-state index contributed by atoms with van der Waals surface area (Å²) in [6, 6.07) is 4.28. The van der Waals surface area contributed by atoms with Crippen LogP contribution in [0.5, 0.6) is 0 Å². The number of hydrogen-bond donors (Lipinski definition) is 1. The summed E-state index contributed by atoms with van der Waals surface area (Å²) in [5, 5.41) is 12.9. The zero-order valence-corrected chi connectivity index (χ0v) is 12.8. The lowest BCUT2D eigenvalue weighted by Gasteiger charge is -2.43. The lowest BCUT2D eigenvalue weighted by molar-refractivity contribution is 0.0564. The van der Waals surface area contributed by atoms with Crippen molar-refractivity contribution in [2.45, 2.75) is 63.7 Å². The van der Waals surface area contributed by atoms with E-state index in [0.29, 0.717) is 18.1 Å². The molecule has 1 heterocycles. The van der Waals surface area contributed by atoms with Crippen LogP contribution < -0.4 is 5.32 Å². The summed E-state index contributed by atoms with van der Waals surface area (Å²) in [6.07, 6.45) is 3.39. The normalized spacial score (nSPS) is 32.8. The van der Waals surface area contributed by atoms with Crippen molar-refractivity contribution in [1.29, 1.82) is 5.26 Å². The van der Waals surface area contributed by atoms with Gasteiger partial charge in [-0.05, 0) is 47.1 Å². The molecule has 0 amide bonds. The van der Waals surface area contributed by atoms with Gasteiger partial charge in [-0.25, -0.2) is 0 Å². The third kappa shape index (κ3) is 3.92. The number of rotatable bonds is 5. The molecular formula is C15H28N4. The van der Waals surface area contributed by atoms with Crippen LogP contribution in [-0.2, 0) is 0 Å². The van der Waals surface area contributed by atoms with E-state index in [9.17, 15) is 5.26 Å². The maximum atomic E-state index is 9.40. The Hall–Kier alpha value is -0.630. The van der Waals surface area contributed by atoms with Crippen LogP contribution in [-0.4, -0.2) is 60.1 Å². The Bertz CT molecular complexity index is 335. The van der Waals surface area contributed by atoms with Crippen LogP contribution >= 0.6 is 0 Å². The zero-order valence-electron chi connectivity index (χ0n) is 12.8. The van der Waals surface area contributed by atoms with Crippen molar-refractivity contribution in [2.75, 3.05) is 26.7 Å². The SMILES string of the molecule is CC1CN(CCC(C)(C#N)NC2CC2)CC(C)N1C. The summed E-state index contributed by atoms with van der Waals surface area (Å²) >= 11 is 0. The van der Waals surface area contributed by atoms with Crippen LogP contribution in [0.25, 0.3) is 0 Å². The summed E-state index contributed by atoms with van der Waals surface area (Å²) in [7, 11) is 2.21. The van der Waals surface area contributed by atoms with E-state index in [2.05, 4.69) is 42.1 Å². The highest BCUT2D eigenvalue weighted by Crippen LogP contribution is 2.24. The number of hydrogen-bond acceptors (Lipinski definition) is 4. The predicted octanol–water partition coefficient (Wildman–Crippen LogP) is 1.44. The minimum absolute atomic E-state index is 0.350. The lowest BCUT2D eigenvalue weighted by atomic mass is 9.98. The van der Waals surface area contributed by atoms with Gasteiger partial charge < -0.3 is 4.90 Å². The molecule has 3 unspecified atom stereocenters. The van der Waals surface area contributed by atoms with Gasteiger partial charge in [0.1, 0.15) is 5.54 Å². The van der Waals surface area contributed by atoms with Gasteiger partial charge in [0, 0.05) is 37.8 Å². The molecule has 19 heavy (non-hydrogen) atoms. The molecule has 4 nitrogen and oxygen atoms in total. The number of nitriles is 1. The molecule has 0 aromatic rings. The van der Waals surface area contributed by atoms with E-state index in [-0.39, 0.29) is 5.54 Å². The molecule has 1 N–H and O–H groups in total. The van der Waals surface area contributed by atoms with Gasteiger partial charge in [0.05, 0.1) is 6.07 Å². The second-order valence-corrected chi connectivity index (χ2v) is 6.74. The smallest absolute Gasteiger partial charge is 0.105 e. The van der Waals surface area contributed by atoms with E-state index in [1.54, 1.807) is 0 Å². The first-order valence-electron chi connectivity index (χ1n) is 7.57. The quantitative estimate of drug-likeness (QED) is 0.816. The van der Waals surface area contributed by atoms with Crippen LogP contribution in [0.2, 0.25) is 0 Å². The van der Waals surface area contributed by atoms with Gasteiger partial charge in [-0.2, -0.15) is 5.26 Å². The molecule has 1 saturated carbocycles. The summed E-state index contributed by atoms with van der Waals surface area (Å²) < 4.78 is 0. The van der Waals surface area contributed by atoms with E-state index in [1.165, 1.54) is 12.8 Å². The van der Waals surface area contributed by atoms with Crippen molar-refractivity contribution in [3.05, 3.63) is 0 Å². The maximum absolute atomic E-state index is 9.40. The summed E-state index contributed by atoms with van der Waals surface area (Å²) in [6.45, 7) is 9.88. The summed E-state index contributed by atoms with van der Waals surface area (Å²) in [4.78, 5) is 4.96. The van der Waals surface area contributed by atoms with Gasteiger partial charge in [-0.1, -0.05) is 0 Å². The van der Waals surface area contributed by atoms with Crippen molar-refractivity contribution in [3.8, 4) is 6.07 Å². The van der Waals surface area contributed by atoms with Gasteiger partial charge in [-0.15, -0.1) is 0 Å². The van der Waals surface area contributed by atoms with Crippen LogP contribution in [0.3, 0.4) is 0 Å². The van der Waals surface area contributed by atoms with Gasteiger partial charge in [0.15, 0.2) is 0 Å². The van der Waals surface area contributed by atoms with E-state index in [1.807, 2.05) is 6.92 Å². The summed E-state index contributed by atoms with van der Waals surface area (Å²) in [5.74, 6) is 0. The third-order valence-electron chi connectivity index (χ3n) is 4.71. The maximum Gasteiger partial charge on any atom is 0.105 e. The fourth-order valence-electron chi connectivity index (χ4n) is 2.92. The Morgan fingerprint density at radius 1 is 1.26 bits per heavy atom. The van der Waals surface area contributed by atoms with Gasteiger partial charge in [-0.3, -0.25) is 10.2 Å². The molecule has 0 radical (unpaired) electrons. The standard InChI is InChI=1S/C15H28N4/c1-12-9-19(10-13(2)18(12)4)8-7-15(3,11-16)17-14-5-6-14/h12-14,17H,5-10H2,1-4H3. The Labute approximate surface area is 117 Å². The largest absolute Gasteiger partial charge is 0.300 e. The molecule has 0 aromatic heterocycles. The minimum Gasteiger partial charge on any atom is -0.300 e. The van der Waals surface area contributed by atoms with E-state index < -0.39 is 0 Å². The van der Waals surface area contributed by atoms with E-state index >= 15 is 0 Å². The first kappa shape index (κ1) is 14.8. The molecule has 108 valence electrons. The van der Waals surface area contributed by atoms with Crippen molar-refractivity contribution in [2.24, 2.45) is 0 Å². The fourth-order valence-corrected chi connectivity index (χ4v) is 2.92. The molecule has 1 saturated heterocycles. The molecule has 1 aliphatic carbocycles. The molecule has 0 bridgehead atoms. The molecule has 2 rings (SSSR count). The molecular weight excluding hydrogens is 236 g/mol. The number of nitrogens with zero attached hydrogens (tertiary/aromatic N) is 3. The average molecular weight is 264 g/mol. The van der Waals surface area contributed by atoms with Crippen molar-refractivity contribution < 1.29 is 0 Å². The van der Waals surface area contributed by atoms with Crippen LogP contribution in [0.1, 0.15) is 40.0 Å². The Morgan fingerprint density at radius 3 is 2.32 bits per heavy atom. The lowest BCUT2D eigenvalue weighted by Crippen LogP contribution is -2.56. The summed E-state index contributed by atoms with van der Waals surface area (Å²) in [5.41, 5.74) is -0.350. The van der Waals surface area contributed by atoms with Crippen LogP contribution in [0, 0.1) is 11.3 Å². The molecule has 3 atom stereocenters. The van der Waals surface area contributed by atoms with Gasteiger partial charge >= 0.3 is 0 Å². The third-order valence-corrected chi connectivity index (χ3v) is 4.71. The van der Waals surface area contributed by atoms with Crippen LogP contribution in [0.15, 0.2) is 0 Å². The fraction of sp³-hybridized carbons (Fsp3) is 0.933. The molecule has 2 aliphatic rings. The second-order valence-electron chi connectivity index (χ2n) is 6.74. The van der Waals surface area contributed by atoms with Crippen molar-refractivity contribution >= 4 is 0 Å². The Balaban J connectivity index is 1.82. The second kappa shape index (κ2) is 5.78. The zero-order chi connectivity index (χ0) is 14.0. The predicted molar refractivity (Wildman–Crippen MR) is 77.9 cm³/mol. The molecule has 1 aliphatic heterocycles. The van der Waals surface area contributed by atoms with E-state index in [4.69, 9.17) is 0 Å². The first-order chi connectivity index (χ1) is 8.93. The number of nitrogens with one attached hydrogen (secondary N) is 1. The van der Waals surface area contributed by atoms with Gasteiger partial charge in [0.25, 0.3) is 0 Å². The number of likely N-dealkylation sites (N-methyl/N-ethyl adjacent to an activating group) is 1. The molecule has 0 aromatic carbocycles.